The first kappa shape index (κ1) is 10.2. The Kier molecular flexibility index (Phi) is 3.29. The second-order valence-electron chi connectivity index (χ2n) is 3.88. The number of alkyl halides is 1. The zero-order valence-corrected chi connectivity index (χ0v) is 9.76. The van der Waals surface area contributed by atoms with Gasteiger partial charge in [-0.15, -0.1) is 0 Å². The van der Waals surface area contributed by atoms with Crippen molar-refractivity contribution in [2.75, 3.05) is 11.9 Å². The van der Waals surface area contributed by atoms with Crippen LogP contribution in [0.1, 0.15) is 25.0 Å². The summed E-state index contributed by atoms with van der Waals surface area (Å²) in [6.07, 6.45) is 6.17. The lowest BCUT2D eigenvalue weighted by atomic mass is 9.91. The van der Waals surface area contributed by atoms with E-state index in [1.165, 1.54) is 12.8 Å². The lowest BCUT2D eigenvalue weighted by molar-refractivity contribution is -0.0623. The molecule has 1 aliphatic rings. The Bertz CT molecular complexity index is 263. The molecule has 1 aliphatic heterocycles. The van der Waals surface area contributed by atoms with Crippen molar-refractivity contribution in [3.05, 3.63) is 24.2 Å². The number of halogens is 1. The number of furan rings is 1. The molecule has 2 rings (SSSR count). The van der Waals surface area contributed by atoms with Crippen LogP contribution in [0.5, 0.6) is 0 Å². The van der Waals surface area contributed by atoms with Gasteiger partial charge in [-0.25, -0.2) is 0 Å². The predicted octanol–water partition coefficient (Wildman–Crippen LogP) is 3.16. The van der Waals surface area contributed by atoms with Gasteiger partial charge in [-0.3, -0.25) is 0 Å². The monoisotopic (exact) mass is 258 g/mol. The molecular weight excluding hydrogens is 244 g/mol. The molecule has 0 amide bonds. The third kappa shape index (κ3) is 2.20. The molecule has 0 bridgehead atoms. The van der Waals surface area contributed by atoms with E-state index in [1.54, 1.807) is 6.26 Å². The van der Waals surface area contributed by atoms with Gasteiger partial charge < -0.3 is 9.15 Å². The van der Waals surface area contributed by atoms with Gasteiger partial charge in [0.25, 0.3) is 0 Å². The Morgan fingerprint density at radius 2 is 2.36 bits per heavy atom. The first-order valence-corrected chi connectivity index (χ1v) is 6.19. The van der Waals surface area contributed by atoms with Crippen molar-refractivity contribution in [3.63, 3.8) is 0 Å². The van der Waals surface area contributed by atoms with E-state index in [-0.39, 0.29) is 5.60 Å². The topological polar surface area (TPSA) is 22.4 Å². The average molecular weight is 259 g/mol. The van der Waals surface area contributed by atoms with Crippen LogP contribution in [0.4, 0.5) is 0 Å². The molecule has 3 heteroatoms. The maximum atomic E-state index is 5.88. The summed E-state index contributed by atoms with van der Waals surface area (Å²) in [5, 5.41) is 0.890. The number of hydrogen-bond donors (Lipinski definition) is 0. The van der Waals surface area contributed by atoms with Crippen LogP contribution in [0.3, 0.4) is 0 Å². The van der Waals surface area contributed by atoms with Gasteiger partial charge in [0.2, 0.25) is 0 Å². The van der Waals surface area contributed by atoms with Gasteiger partial charge in [-0.2, -0.15) is 0 Å². The molecule has 0 saturated carbocycles. The molecule has 0 aliphatic carbocycles. The molecule has 2 nitrogen and oxygen atoms in total. The molecule has 1 saturated heterocycles. The molecule has 14 heavy (non-hydrogen) atoms. The minimum Gasteiger partial charge on any atom is -0.469 e. The summed E-state index contributed by atoms with van der Waals surface area (Å²) in [4.78, 5) is 0. The third-order valence-corrected chi connectivity index (χ3v) is 3.78. The van der Waals surface area contributed by atoms with Gasteiger partial charge in [0.1, 0.15) is 5.76 Å². The van der Waals surface area contributed by atoms with Crippen LogP contribution in [-0.4, -0.2) is 17.5 Å². The molecule has 1 fully saturated rings. The van der Waals surface area contributed by atoms with Crippen molar-refractivity contribution >= 4 is 15.9 Å². The third-order valence-electron chi connectivity index (χ3n) is 2.76. The Morgan fingerprint density at radius 3 is 2.93 bits per heavy atom. The van der Waals surface area contributed by atoms with Gasteiger partial charge in [-0.05, 0) is 31.4 Å². The Morgan fingerprint density at radius 1 is 1.43 bits per heavy atom. The summed E-state index contributed by atoms with van der Waals surface area (Å²) in [7, 11) is 0. The smallest absolute Gasteiger partial charge is 0.106 e. The second-order valence-corrected chi connectivity index (χ2v) is 4.44. The van der Waals surface area contributed by atoms with Gasteiger partial charge >= 0.3 is 0 Å². The molecule has 0 spiro atoms. The number of hydrogen-bond acceptors (Lipinski definition) is 2. The van der Waals surface area contributed by atoms with Crippen molar-refractivity contribution in [1.29, 1.82) is 0 Å². The highest BCUT2D eigenvalue weighted by molar-refractivity contribution is 9.09. The molecule has 0 aromatic carbocycles. The zero-order chi connectivity index (χ0) is 9.86. The molecule has 1 aromatic rings. The minimum atomic E-state index is -0.0316. The van der Waals surface area contributed by atoms with Crippen molar-refractivity contribution in [2.24, 2.45) is 0 Å². The van der Waals surface area contributed by atoms with Crippen molar-refractivity contribution < 1.29 is 9.15 Å². The van der Waals surface area contributed by atoms with Crippen LogP contribution in [-0.2, 0) is 11.2 Å². The Labute approximate surface area is 92.8 Å². The van der Waals surface area contributed by atoms with Crippen molar-refractivity contribution in [1.82, 2.24) is 0 Å². The highest BCUT2D eigenvalue weighted by Crippen LogP contribution is 2.30. The fraction of sp³-hybridized carbons (Fsp3) is 0.636. The van der Waals surface area contributed by atoms with Crippen molar-refractivity contribution in [2.45, 2.75) is 31.3 Å². The molecule has 78 valence electrons. The van der Waals surface area contributed by atoms with E-state index in [2.05, 4.69) is 15.9 Å². The SMILES string of the molecule is BrCC1(Cc2ccco2)CCCCO1. The maximum absolute atomic E-state index is 5.88. The lowest BCUT2D eigenvalue weighted by Gasteiger charge is -2.35. The van der Waals surface area contributed by atoms with Gasteiger partial charge in [-0.1, -0.05) is 15.9 Å². The van der Waals surface area contributed by atoms with E-state index < -0.39 is 0 Å². The van der Waals surface area contributed by atoms with E-state index in [9.17, 15) is 0 Å². The van der Waals surface area contributed by atoms with E-state index in [1.807, 2.05) is 12.1 Å². The highest BCUT2D eigenvalue weighted by atomic mass is 79.9. The molecule has 1 unspecified atom stereocenters. The van der Waals surface area contributed by atoms with E-state index >= 15 is 0 Å². The molecule has 0 N–H and O–H groups in total. The first-order chi connectivity index (χ1) is 6.85. The van der Waals surface area contributed by atoms with Crippen LogP contribution in [0, 0.1) is 0 Å². The van der Waals surface area contributed by atoms with Crippen LogP contribution in [0.2, 0.25) is 0 Å². The maximum Gasteiger partial charge on any atom is 0.106 e. The van der Waals surface area contributed by atoms with E-state index in [0.717, 1.165) is 30.5 Å². The van der Waals surface area contributed by atoms with Crippen LogP contribution in [0.25, 0.3) is 0 Å². The van der Waals surface area contributed by atoms with Gasteiger partial charge in [0.15, 0.2) is 0 Å². The highest BCUT2D eigenvalue weighted by Gasteiger charge is 2.33. The summed E-state index contributed by atoms with van der Waals surface area (Å²) < 4.78 is 11.2. The Hall–Kier alpha value is -0.280. The predicted molar refractivity (Wildman–Crippen MR) is 58.7 cm³/mol. The largest absolute Gasteiger partial charge is 0.469 e. The fourth-order valence-electron chi connectivity index (χ4n) is 1.93. The van der Waals surface area contributed by atoms with Crippen LogP contribution >= 0.6 is 15.9 Å². The van der Waals surface area contributed by atoms with Crippen LogP contribution in [0.15, 0.2) is 22.8 Å². The summed E-state index contributed by atoms with van der Waals surface area (Å²) >= 11 is 3.55. The van der Waals surface area contributed by atoms with Gasteiger partial charge in [0.05, 0.1) is 11.9 Å². The molecule has 1 atom stereocenters. The zero-order valence-electron chi connectivity index (χ0n) is 8.17. The van der Waals surface area contributed by atoms with E-state index in [4.69, 9.17) is 9.15 Å². The first-order valence-electron chi connectivity index (χ1n) is 5.07. The quantitative estimate of drug-likeness (QED) is 0.778. The molecular formula is C11H15BrO2. The molecule has 2 heterocycles. The summed E-state index contributed by atoms with van der Waals surface area (Å²) in [6.45, 7) is 0.881. The van der Waals surface area contributed by atoms with E-state index in [0.29, 0.717) is 0 Å². The fourth-order valence-corrected chi connectivity index (χ4v) is 2.57. The molecule has 1 aromatic heterocycles. The van der Waals surface area contributed by atoms with Crippen molar-refractivity contribution in [3.8, 4) is 0 Å². The number of ether oxygens (including phenoxy) is 1. The minimum absolute atomic E-state index is 0.0316. The standard InChI is InChI=1S/C11H15BrO2/c12-9-11(5-1-2-7-14-11)8-10-4-3-6-13-10/h3-4,6H,1-2,5,7-9H2. The second kappa shape index (κ2) is 4.49. The summed E-state index contributed by atoms with van der Waals surface area (Å²) in [6, 6.07) is 3.95. The Balaban J connectivity index is 2.04. The summed E-state index contributed by atoms with van der Waals surface area (Å²) in [5.74, 6) is 1.02. The molecule has 0 radical (unpaired) electrons. The normalized spacial score (nSPS) is 27.8. The number of rotatable bonds is 3. The van der Waals surface area contributed by atoms with Crippen LogP contribution < -0.4 is 0 Å². The lowest BCUT2D eigenvalue weighted by Crippen LogP contribution is -2.40. The summed E-state index contributed by atoms with van der Waals surface area (Å²) in [5.41, 5.74) is -0.0316. The van der Waals surface area contributed by atoms with Gasteiger partial charge in [0, 0.05) is 18.4 Å². The average Bonchev–Trinajstić information content (AvgIpc) is 2.72.